The van der Waals surface area contributed by atoms with Gasteiger partial charge in [0.15, 0.2) is 5.96 Å². The molecule has 1 aromatic rings. The summed E-state index contributed by atoms with van der Waals surface area (Å²) >= 11 is 0. The van der Waals surface area contributed by atoms with Crippen LogP contribution in [0, 0.1) is 13.8 Å². The Bertz CT molecular complexity index is 602. The molecule has 8 heteroatoms. The maximum absolute atomic E-state index is 11.8. The normalized spacial score (nSPS) is 15.6. The number of nitrogens with zero attached hydrogens (tertiary/aromatic N) is 5. The Morgan fingerprint density at radius 1 is 1.25 bits per heavy atom. The molecule has 24 heavy (non-hydrogen) atoms. The van der Waals surface area contributed by atoms with E-state index < -0.39 is 0 Å². The third-order valence-electron chi connectivity index (χ3n) is 4.40. The standard InChI is InChI=1S/C16H28N6O2/c1-6-24-16(23)22-9-7-21(8-10-22)15(17-4)18-11-14-12(2)19-20(5)13(14)3/h6-11H2,1-5H3,(H,17,18). The lowest BCUT2D eigenvalue weighted by molar-refractivity contribution is 0.0914. The molecule has 0 aliphatic carbocycles. The first-order valence-corrected chi connectivity index (χ1v) is 8.34. The van der Waals surface area contributed by atoms with Crippen molar-refractivity contribution in [3.8, 4) is 0 Å². The average Bonchev–Trinajstić information content (AvgIpc) is 2.82. The third-order valence-corrected chi connectivity index (χ3v) is 4.40. The van der Waals surface area contributed by atoms with Crippen molar-refractivity contribution in [2.24, 2.45) is 12.0 Å². The summed E-state index contributed by atoms with van der Waals surface area (Å²) in [7, 11) is 3.73. The van der Waals surface area contributed by atoms with E-state index in [-0.39, 0.29) is 6.09 Å². The van der Waals surface area contributed by atoms with Gasteiger partial charge in [-0.3, -0.25) is 9.67 Å². The fourth-order valence-electron chi connectivity index (χ4n) is 2.89. The summed E-state index contributed by atoms with van der Waals surface area (Å²) < 4.78 is 6.95. The largest absolute Gasteiger partial charge is 0.450 e. The zero-order valence-electron chi connectivity index (χ0n) is 15.3. The number of carbonyl (C=O) groups excluding carboxylic acids is 1. The van der Waals surface area contributed by atoms with Crippen LogP contribution in [0.5, 0.6) is 0 Å². The predicted octanol–water partition coefficient (Wildman–Crippen LogP) is 0.886. The molecule has 0 saturated carbocycles. The molecule has 1 fully saturated rings. The summed E-state index contributed by atoms with van der Waals surface area (Å²) in [6, 6.07) is 0. The van der Waals surface area contributed by atoms with E-state index in [1.807, 2.05) is 25.6 Å². The van der Waals surface area contributed by atoms with E-state index >= 15 is 0 Å². The number of amides is 1. The van der Waals surface area contributed by atoms with Crippen LogP contribution in [0.15, 0.2) is 4.99 Å². The van der Waals surface area contributed by atoms with E-state index in [4.69, 9.17) is 4.74 Å². The highest BCUT2D eigenvalue weighted by Gasteiger charge is 2.23. The quantitative estimate of drug-likeness (QED) is 0.655. The van der Waals surface area contributed by atoms with Gasteiger partial charge >= 0.3 is 6.09 Å². The molecule has 0 spiro atoms. The molecule has 0 bridgehead atoms. The van der Waals surface area contributed by atoms with E-state index in [0.29, 0.717) is 26.2 Å². The molecule has 1 amide bonds. The van der Waals surface area contributed by atoms with Gasteiger partial charge in [-0.1, -0.05) is 0 Å². The molecule has 1 aliphatic rings. The Kier molecular flexibility index (Phi) is 6.05. The van der Waals surface area contributed by atoms with Crippen molar-refractivity contribution >= 4 is 12.1 Å². The molecule has 2 rings (SSSR count). The van der Waals surface area contributed by atoms with Crippen LogP contribution < -0.4 is 5.32 Å². The Morgan fingerprint density at radius 2 is 1.88 bits per heavy atom. The summed E-state index contributed by atoms with van der Waals surface area (Å²) in [4.78, 5) is 20.0. The van der Waals surface area contributed by atoms with Gasteiger partial charge in [-0.05, 0) is 20.8 Å². The third kappa shape index (κ3) is 3.98. The molecular weight excluding hydrogens is 308 g/mol. The highest BCUT2D eigenvalue weighted by atomic mass is 16.6. The van der Waals surface area contributed by atoms with E-state index in [0.717, 1.165) is 30.4 Å². The Morgan fingerprint density at radius 3 is 2.38 bits per heavy atom. The highest BCUT2D eigenvalue weighted by molar-refractivity contribution is 5.80. The lowest BCUT2D eigenvalue weighted by atomic mass is 10.2. The van der Waals surface area contributed by atoms with Crippen LogP contribution >= 0.6 is 0 Å². The predicted molar refractivity (Wildman–Crippen MR) is 93.0 cm³/mol. The summed E-state index contributed by atoms with van der Waals surface area (Å²) in [5.74, 6) is 0.848. The van der Waals surface area contributed by atoms with Gasteiger partial charge < -0.3 is 19.9 Å². The van der Waals surface area contributed by atoms with Gasteiger partial charge in [0.05, 0.1) is 12.3 Å². The second kappa shape index (κ2) is 8.03. The van der Waals surface area contributed by atoms with Crippen molar-refractivity contribution in [1.29, 1.82) is 0 Å². The number of hydrogen-bond acceptors (Lipinski definition) is 4. The topological polar surface area (TPSA) is 75.0 Å². The number of aryl methyl sites for hydroxylation is 2. The van der Waals surface area contributed by atoms with E-state index in [2.05, 4.69) is 27.2 Å². The van der Waals surface area contributed by atoms with Crippen molar-refractivity contribution in [3.05, 3.63) is 17.0 Å². The van der Waals surface area contributed by atoms with Crippen LogP contribution in [0.1, 0.15) is 23.9 Å². The van der Waals surface area contributed by atoms with Gasteiger partial charge in [-0.25, -0.2) is 4.79 Å². The molecule has 1 N–H and O–H groups in total. The van der Waals surface area contributed by atoms with Crippen molar-refractivity contribution < 1.29 is 9.53 Å². The van der Waals surface area contributed by atoms with E-state index in [1.165, 1.54) is 5.56 Å². The molecule has 8 nitrogen and oxygen atoms in total. The molecule has 2 heterocycles. The van der Waals surface area contributed by atoms with Crippen LogP contribution in [0.25, 0.3) is 0 Å². The lowest BCUT2D eigenvalue weighted by Crippen LogP contribution is -2.53. The zero-order valence-corrected chi connectivity index (χ0v) is 15.3. The SMILES string of the molecule is CCOC(=O)N1CCN(C(=NC)NCc2c(C)nn(C)c2C)CC1. The maximum atomic E-state index is 11.8. The second-order valence-corrected chi connectivity index (χ2v) is 5.85. The minimum absolute atomic E-state index is 0.235. The number of ether oxygens (including phenoxy) is 1. The number of aromatic nitrogens is 2. The number of hydrogen-bond donors (Lipinski definition) is 1. The summed E-state index contributed by atoms with van der Waals surface area (Å²) in [6.45, 7) is 9.77. The number of rotatable bonds is 3. The van der Waals surface area contributed by atoms with Gasteiger partial charge in [0.1, 0.15) is 0 Å². The van der Waals surface area contributed by atoms with Crippen molar-refractivity contribution in [2.75, 3.05) is 39.8 Å². The Hall–Kier alpha value is -2.25. The van der Waals surface area contributed by atoms with Gasteiger partial charge in [0.25, 0.3) is 0 Å². The summed E-state index contributed by atoms with van der Waals surface area (Å²) in [5, 5.41) is 7.85. The Labute approximate surface area is 143 Å². The first-order valence-electron chi connectivity index (χ1n) is 8.34. The van der Waals surface area contributed by atoms with Crippen LogP contribution in [-0.4, -0.2) is 71.5 Å². The van der Waals surface area contributed by atoms with Crippen molar-refractivity contribution in [2.45, 2.75) is 27.3 Å². The Balaban J connectivity index is 1.90. The molecule has 0 atom stereocenters. The highest BCUT2D eigenvalue weighted by Crippen LogP contribution is 2.12. The van der Waals surface area contributed by atoms with Gasteiger partial charge in [0.2, 0.25) is 0 Å². The second-order valence-electron chi connectivity index (χ2n) is 5.85. The summed E-state index contributed by atoms with van der Waals surface area (Å²) in [6.07, 6.45) is -0.235. The molecule has 0 aromatic carbocycles. The molecule has 0 unspecified atom stereocenters. The minimum atomic E-state index is -0.235. The molecular formula is C16H28N6O2. The molecule has 0 radical (unpaired) electrons. The van der Waals surface area contributed by atoms with Crippen LogP contribution in [0.4, 0.5) is 4.79 Å². The van der Waals surface area contributed by atoms with Crippen LogP contribution in [-0.2, 0) is 18.3 Å². The average molecular weight is 336 g/mol. The fraction of sp³-hybridized carbons (Fsp3) is 0.688. The maximum Gasteiger partial charge on any atom is 0.409 e. The lowest BCUT2D eigenvalue weighted by Gasteiger charge is -2.35. The number of guanidine groups is 1. The monoisotopic (exact) mass is 336 g/mol. The van der Waals surface area contributed by atoms with E-state index in [9.17, 15) is 4.79 Å². The summed E-state index contributed by atoms with van der Waals surface area (Å²) in [5.41, 5.74) is 3.39. The van der Waals surface area contributed by atoms with Gasteiger partial charge in [0, 0.05) is 58.1 Å². The minimum Gasteiger partial charge on any atom is -0.450 e. The van der Waals surface area contributed by atoms with Crippen LogP contribution in [0.3, 0.4) is 0 Å². The fourth-order valence-corrected chi connectivity index (χ4v) is 2.89. The molecule has 1 saturated heterocycles. The van der Waals surface area contributed by atoms with Crippen LogP contribution in [0.2, 0.25) is 0 Å². The van der Waals surface area contributed by atoms with Gasteiger partial charge in [-0.2, -0.15) is 5.10 Å². The van der Waals surface area contributed by atoms with Crippen molar-refractivity contribution in [3.63, 3.8) is 0 Å². The van der Waals surface area contributed by atoms with Gasteiger partial charge in [-0.15, -0.1) is 0 Å². The first kappa shape index (κ1) is 18.1. The zero-order chi connectivity index (χ0) is 17.7. The molecule has 134 valence electrons. The number of aliphatic imine (C=N–C) groups is 1. The number of carbonyl (C=O) groups is 1. The number of nitrogens with one attached hydrogen (secondary N) is 1. The number of piperazine rings is 1. The molecule has 1 aromatic heterocycles. The smallest absolute Gasteiger partial charge is 0.409 e. The van der Waals surface area contributed by atoms with Crippen molar-refractivity contribution in [1.82, 2.24) is 24.9 Å². The first-order chi connectivity index (χ1) is 11.5. The molecule has 1 aliphatic heterocycles. The van der Waals surface area contributed by atoms with E-state index in [1.54, 1.807) is 11.9 Å².